The first kappa shape index (κ1) is 22.4. The fraction of sp³-hybridized carbons (Fsp3) is 0.484. The van der Waals surface area contributed by atoms with Crippen molar-refractivity contribution in [3.63, 3.8) is 0 Å². The van der Waals surface area contributed by atoms with E-state index >= 15 is 0 Å². The van der Waals surface area contributed by atoms with E-state index in [1.165, 1.54) is 66.8 Å². The van der Waals surface area contributed by atoms with Crippen LogP contribution in [0, 0.1) is 0 Å². The summed E-state index contributed by atoms with van der Waals surface area (Å²) in [5.74, 6) is 1.57. The summed E-state index contributed by atoms with van der Waals surface area (Å²) in [6.45, 7) is 8.43. The fourth-order valence-corrected chi connectivity index (χ4v) is 5.86. The molecular weight excluding hydrogens is 415 g/mol. The average Bonchev–Trinajstić information content (AvgIpc) is 3.65. The zero-order valence-corrected chi connectivity index (χ0v) is 21.2. The molecule has 0 aromatic heterocycles. The Labute approximate surface area is 205 Å². The van der Waals surface area contributed by atoms with Crippen molar-refractivity contribution in [2.75, 3.05) is 0 Å². The molecule has 6 rings (SSSR count). The van der Waals surface area contributed by atoms with Gasteiger partial charge in [-0.2, -0.15) is 0 Å². The first-order chi connectivity index (χ1) is 16.3. The maximum Gasteiger partial charge on any atom is 0.494 e. The lowest BCUT2D eigenvalue weighted by Crippen LogP contribution is -2.41. The van der Waals surface area contributed by atoms with Crippen molar-refractivity contribution in [3.05, 3.63) is 65.7 Å². The lowest BCUT2D eigenvalue weighted by molar-refractivity contribution is 0.00578. The molecule has 0 atom stereocenters. The number of hydrogen-bond donors (Lipinski definition) is 0. The molecule has 0 unspecified atom stereocenters. The molecule has 176 valence electrons. The van der Waals surface area contributed by atoms with Crippen molar-refractivity contribution >= 4 is 23.4 Å². The van der Waals surface area contributed by atoms with E-state index in [1.807, 2.05) is 0 Å². The van der Waals surface area contributed by atoms with Crippen LogP contribution in [0.1, 0.15) is 95.6 Å². The van der Waals surface area contributed by atoms with E-state index in [2.05, 4.69) is 82.3 Å². The molecule has 0 amide bonds. The smallest absolute Gasteiger partial charge is 0.399 e. The second-order valence-corrected chi connectivity index (χ2v) is 11.9. The standard InChI is InChI=1S/C31H37BO2/c1-30(2)31(3,4)34-32(33-30)27-16-14-24-18-23(12-13-25(24)19-27)26-15-17-28(22-10-11-22)29(20-26)21-8-6-5-7-9-21/h12-22H,5-11H2,1-4H3. The van der Waals surface area contributed by atoms with Crippen LogP contribution in [0.3, 0.4) is 0 Å². The lowest BCUT2D eigenvalue weighted by atomic mass is 9.78. The van der Waals surface area contributed by atoms with Gasteiger partial charge in [-0.25, -0.2) is 0 Å². The topological polar surface area (TPSA) is 18.5 Å². The SMILES string of the molecule is CC1(C)OB(c2ccc3cc(-c4ccc(C5CC5)c(C5CCCCC5)c4)ccc3c2)OC1(C)C. The molecule has 1 heterocycles. The average molecular weight is 452 g/mol. The van der Waals surface area contributed by atoms with E-state index in [0.29, 0.717) is 0 Å². The minimum absolute atomic E-state index is 0.318. The normalized spacial score (nSPS) is 22.4. The number of hydrogen-bond acceptors (Lipinski definition) is 2. The first-order valence-electron chi connectivity index (χ1n) is 13.3. The van der Waals surface area contributed by atoms with Gasteiger partial charge in [-0.1, -0.05) is 67.8 Å². The zero-order chi connectivity index (χ0) is 23.5. The molecule has 1 aliphatic heterocycles. The Kier molecular flexibility index (Phi) is 5.42. The van der Waals surface area contributed by atoms with Gasteiger partial charge in [0.25, 0.3) is 0 Å². The molecular formula is C31H37BO2. The summed E-state index contributed by atoms with van der Waals surface area (Å²) in [5, 5.41) is 2.50. The second-order valence-electron chi connectivity index (χ2n) is 11.9. The highest BCUT2D eigenvalue weighted by Gasteiger charge is 2.51. The summed E-state index contributed by atoms with van der Waals surface area (Å²) < 4.78 is 12.6. The highest BCUT2D eigenvalue weighted by atomic mass is 16.7. The lowest BCUT2D eigenvalue weighted by Gasteiger charge is -2.32. The van der Waals surface area contributed by atoms with Crippen LogP contribution in [0.25, 0.3) is 21.9 Å². The Morgan fingerprint density at radius 3 is 1.91 bits per heavy atom. The van der Waals surface area contributed by atoms with Crippen LogP contribution in [0.4, 0.5) is 0 Å². The predicted octanol–water partition coefficient (Wildman–Crippen LogP) is 7.73. The Balaban J connectivity index is 1.31. The Hall–Kier alpha value is -2.10. The summed E-state index contributed by atoms with van der Waals surface area (Å²) in [5.41, 5.74) is 6.42. The van der Waals surface area contributed by atoms with E-state index in [1.54, 1.807) is 11.1 Å². The van der Waals surface area contributed by atoms with Crippen molar-refractivity contribution in [1.29, 1.82) is 0 Å². The van der Waals surface area contributed by atoms with Crippen LogP contribution < -0.4 is 5.46 Å². The van der Waals surface area contributed by atoms with Crippen LogP contribution in [0.2, 0.25) is 0 Å². The van der Waals surface area contributed by atoms with Gasteiger partial charge < -0.3 is 9.31 Å². The monoisotopic (exact) mass is 452 g/mol. The van der Waals surface area contributed by atoms with Crippen LogP contribution in [-0.2, 0) is 9.31 Å². The van der Waals surface area contributed by atoms with Gasteiger partial charge in [0.1, 0.15) is 0 Å². The Bertz CT molecular complexity index is 1200. The van der Waals surface area contributed by atoms with Crippen molar-refractivity contribution < 1.29 is 9.31 Å². The van der Waals surface area contributed by atoms with Gasteiger partial charge >= 0.3 is 7.12 Å². The third-order valence-corrected chi connectivity index (χ3v) is 8.87. The third-order valence-electron chi connectivity index (χ3n) is 8.87. The van der Waals surface area contributed by atoms with Crippen molar-refractivity contribution in [2.24, 2.45) is 0 Å². The van der Waals surface area contributed by atoms with Gasteiger partial charge in [0.15, 0.2) is 0 Å². The molecule has 2 nitrogen and oxygen atoms in total. The summed E-state index contributed by atoms with van der Waals surface area (Å²) in [7, 11) is -0.318. The Morgan fingerprint density at radius 2 is 1.21 bits per heavy atom. The van der Waals surface area contributed by atoms with Gasteiger partial charge in [-0.15, -0.1) is 0 Å². The summed E-state index contributed by atoms with van der Waals surface area (Å²) in [6, 6.07) is 20.8. The van der Waals surface area contributed by atoms with Crippen LogP contribution >= 0.6 is 0 Å². The van der Waals surface area contributed by atoms with Crippen molar-refractivity contribution in [2.45, 2.75) is 95.7 Å². The molecule has 0 spiro atoms. The van der Waals surface area contributed by atoms with E-state index < -0.39 is 0 Å². The number of fused-ring (bicyclic) bond motifs is 1. The summed E-state index contributed by atoms with van der Waals surface area (Å²) in [4.78, 5) is 0. The molecule has 2 saturated carbocycles. The Morgan fingerprint density at radius 1 is 0.618 bits per heavy atom. The number of benzene rings is 3. The highest BCUT2D eigenvalue weighted by molar-refractivity contribution is 6.62. The minimum atomic E-state index is -0.320. The molecule has 0 N–H and O–H groups in total. The molecule has 3 heteroatoms. The second kappa shape index (κ2) is 8.24. The minimum Gasteiger partial charge on any atom is -0.399 e. The van der Waals surface area contributed by atoms with E-state index in [9.17, 15) is 0 Å². The predicted molar refractivity (Wildman–Crippen MR) is 143 cm³/mol. The van der Waals surface area contributed by atoms with Crippen LogP contribution in [-0.4, -0.2) is 18.3 Å². The van der Waals surface area contributed by atoms with Gasteiger partial charge in [0.05, 0.1) is 11.2 Å². The third kappa shape index (κ3) is 4.01. The molecule has 3 aliphatic rings. The van der Waals surface area contributed by atoms with E-state index in [0.717, 1.165) is 17.3 Å². The van der Waals surface area contributed by atoms with Crippen LogP contribution in [0.5, 0.6) is 0 Å². The maximum atomic E-state index is 6.28. The molecule has 2 aliphatic carbocycles. The molecule has 3 aromatic carbocycles. The first-order valence-corrected chi connectivity index (χ1v) is 13.3. The van der Waals surface area contributed by atoms with Gasteiger partial charge in [0, 0.05) is 0 Å². The summed E-state index contributed by atoms with van der Waals surface area (Å²) in [6.07, 6.45) is 9.67. The van der Waals surface area contributed by atoms with Crippen molar-refractivity contribution in [3.8, 4) is 11.1 Å². The van der Waals surface area contributed by atoms with E-state index in [-0.39, 0.29) is 18.3 Å². The molecule has 3 fully saturated rings. The molecule has 0 radical (unpaired) electrons. The quantitative estimate of drug-likeness (QED) is 0.377. The largest absolute Gasteiger partial charge is 0.494 e. The zero-order valence-electron chi connectivity index (χ0n) is 21.2. The van der Waals surface area contributed by atoms with Gasteiger partial charge in [-0.3, -0.25) is 0 Å². The maximum absolute atomic E-state index is 6.28. The van der Waals surface area contributed by atoms with Crippen LogP contribution in [0.15, 0.2) is 54.6 Å². The summed E-state index contributed by atoms with van der Waals surface area (Å²) >= 11 is 0. The molecule has 0 bridgehead atoms. The van der Waals surface area contributed by atoms with Gasteiger partial charge in [0.2, 0.25) is 0 Å². The number of rotatable bonds is 4. The molecule has 1 saturated heterocycles. The van der Waals surface area contributed by atoms with Gasteiger partial charge in [-0.05, 0) is 110 Å². The van der Waals surface area contributed by atoms with E-state index in [4.69, 9.17) is 9.31 Å². The molecule has 34 heavy (non-hydrogen) atoms. The van der Waals surface area contributed by atoms with Crippen molar-refractivity contribution in [1.82, 2.24) is 0 Å². The highest BCUT2D eigenvalue weighted by Crippen LogP contribution is 2.47. The fourth-order valence-electron chi connectivity index (χ4n) is 5.86. The molecule has 3 aromatic rings.